The second-order valence-corrected chi connectivity index (χ2v) is 9.17. The number of nitrogens with one attached hydrogen (secondary N) is 1. The lowest BCUT2D eigenvalue weighted by atomic mass is 9.94. The van der Waals surface area contributed by atoms with E-state index in [9.17, 15) is 14.4 Å². The van der Waals surface area contributed by atoms with Crippen LogP contribution in [0.4, 0.5) is 10.1 Å². The van der Waals surface area contributed by atoms with Crippen molar-refractivity contribution in [2.24, 2.45) is 5.92 Å². The van der Waals surface area contributed by atoms with Gasteiger partial charge in [0.05, 0.1) is 40.4 Å². The molecule has 8 nitrogen and oxygen atoms in total. The first-order valence-electron chi connectivity index (χ1n) is 11.2. The minimum Gasteiger partial charge on any atom is -0.482 e. The van der Waals surface area contributed by atoms with E-state index >= 15 is 0 Å². The van der Waals surface area contributed by atoms with Crippen LogP contribution in [0.5, 0.6) is 5.75 Å². The van der Waals surface area contributed by atoms with Gasteiger partial charge in [0.25, 0.3) is 5.91 Å². The number of rotatable bonds is 5. The van der Waals surface area contributed by atoms with Gasteiger partial charge in [-0.25, -0.2) is 9.37 Å². The van der Waals surface area contributed by atoms with E-state index in [0.29, 0.717) is 28.6 Å². The first kappa shape index (κ1) is 21.5. The van der Waals surface area contributed by atoms with Gasteiger partial charge in [0, 0.05) is 17.1 Å². The highest BCUT2D eigenvalue weighted by molar-refractivity contribution is 6.30. The van der Waals surface area contributed by atoms with Crippen molar-refractivity contribution in [1.82, 2.24) is 20.2 Å². The van der Waals surface area contributed by atoms with E-state index in [4.69, 9.17) is 16.3 Å². The van der Waals surface area contributed by atoms with Gasteiger partial charge in [0.15, 0.2) is 12.3 Å². The van der Waals surface area contributed by atoms with Crippen molar-refractivity contribution in [2.45, 2.75) is 25.8 Å². The second-order valence-electron chi connectivity index (χ2n) is 8.73. The van der Waals surface area contributed by atoms with Crippen LogP contribution in [0.2, 0.25) is 5.02 Å². The van der Waals surface area contributed by atoms with Crippen molar-refractivity contribution in [3.05, 3.63) is 64.5 Å². The number of nitriles is 1. The summed E-state index contributed by atoms with van der Waals surface area (Å²) in [4.78, 5) is 22.8. The fourth-order valence-corrected chi connectivity index (χ4v) is 4.57. The zero-order valence-corrected chi connectivity index (χ0v) is 19.1. The zero-order valence-electron chi connectivity index (χ0n) is 18.4. The normalized spacial score (nSPS) is 15.1. The summed E-state index contributed by atoms with van der Waals surface area (Å²) in [5.41, 5.74) is 3.96. The molecule has 4 aromatic rings. The Hall–Kier alpha value is -4.03. The van der Waals surface area contributed by atoms with E-state index in [2.05, 4.69) is 26.2 Å². The molecule has 0 bridgehead atoms. The summed E-state index contributed by atoms with van der Waals surface area (Å²) in [5.74, 6) is 0.108. The van der Waals surface area contributed by atoms with Crippen molar-refractivity contribution in [3.8, 4) is 22.9 Å². The zero-order chi connectivity index (χ0) is 24.1. The molecule has 1 N–H and O–H groups in total. The number of carbonyl (C=O) groups excluding carboxylic acids is 1. The Balaban J connectivity index is 1.43. The fraction of sp³-hybridized carbons (Fsp3) is 0.240. The number of ether oxygens (including phenoxy) is 1. The number of nitrogens with zero attached hydrogens (tertiary/aromatic N) is 5. The first-order chi connectivity index (χ1) is 17.0. The minimum atomic E-state index is -0.587. The molecule has 4 heterocycles. The molecule has 1 amide bonds. The van der Waals surface area contributed by atoms with Gasteiger partial charge < -0.3 is 4.74 Å². The van der Waals surface area contributed by atoms with E-state index < -0.39 is 5.82 Å². The van der Waals surface area contributed by atoms with E-state index in [1.165, 1.54) is 17.2 Å². The molecule has 1 fully saturated rings. The largest absolute Gasteiger partial charge is 0.482 e. The number of amides is 1. The fourth-order valence-electron chi connectivity index (χ4n) is 4.42. The topological polar surface area (TPSA) is 108 Å². The molecule has 0 atom stereocenters. The number of hydrogen-bond acceptors (Lipinski definition) is 6. The molecule has 0 spiro atoms. The Bertz CT molecular complexity index is 1540. The molecule has 1 aliphatic heterocycles. The van der Waals surface area contributed by atoms with E-state index in [1.807, 2.05) is 6.07 Å². The Kier molecular flexibility index (Phi) is 5.11. The van der Waals surface area contributed by atoms with Crippen molar-refractivity contribution in [1.29, 1.82) is 5.26 Å². The number of fused-ring (bicyclic) bond motifs is 2. The highest BCUT2D eigenvalue weighted by Gasteiger charge is 2.29. The predicted octanol–water partition coefficient (Wildman–Crippen LogP) is 4.56. The van der Waals surface area contributed by atoms with E-state index in [1.54, 1.807) is 18.3 Å². The number of H-pyrrole nitrogens is 1. The second kappa shape index (κ2) is 8.32. The van der Waals surface area contributed by atoms with Gasteiger partial charge in [0.1, 0.15) is 17.6 Å². The molecule has 1 aromatic carbocycles. The molecular formula is C25H18ClFN6O2. The number of halogens is 2. The molecule has 1 saturated carbocycles. The van der Waals surface area contributed by atoms with Gasteiger partial charge in [-0.1, -0.05) is 17.7 Å². The van der Waals surface area contributed by atoms with Crippen LogP contribution in [0.25, 0.3) is 22.2 Å². The highest BCUT2D eigenvalue weighted by atomic mass is 35.5. The third kappa shape index (κ3) is 3.86. The summed E-state index contributed by atoms with van der Waals surface area (Å²) >= 11 is 5.81. The van der Waals surface area contributed by atoms with Crippen molar-refractivity contribution < 1.29 is 13.9 Å². The van der Waals surface area contributed by atoms with Crippen LogP contribution in [0.1, 0.15) is 29.8 Å². The molecule has 0 saturated heterocycles. The predicted molar refractivity (Wildman–Crippen MR) is 126 cm³/mol. The van der Waals surface area contributed by atoms with Gasteiger partial charge in [-0.05, 0) is 48.9 Å². The third-order valence-electron chi connectivity index (χ3n) is 6.35. The molecule has 6 rings (SSSR count). The summed E-state index contributed by atoms with van der Waals surface area (Å²) in [5, 5.41) is 18.0. The van der Waals surface area contributed by atoms with Crippen LogP contribution in [-0.2, 0) is 17.8 Å². The molecule has 0 unspecified atom stereocenters. The van der Waals surface area contributed by atoms with Gasteiger partial charge in [-0.15, -0.1) is 0 Å². The number of benzene rings is 1. The molecular weight excluding hydrogens is 471 g/mol. The SMILES string of the molecule is N#Cc1c(CC2CC2)nc2[nH]ncc2c1-c1ccc2c(c1)OCC(=O)N2Cc1ncc(Cl)cc1F. The maximum absolute atomic E-state index is 14.4. The van der Waals surface area contributed by atoms with Gasteiger partial charge in [-0.2, -0.15) is 10.4 Å². The summed E-state index contributed by atoms with van der Waals surface area (Å²) in [6, 6.07) is 8.87. The van der Waals surface area contributed by atoms with Gasteiger partial charge in [-0.3, -0.25) is 19.8 Å². The summed E-state index contributed by atoms with van der Waals surface area (Å²) < 4.78 is 20.1. The van der Waals surface area contributed by atoms with Crippen molar-refractivity contribution in [2.75, 3.05) is 11.5 Å². The number of carbonyl (C=O) groups is 1. The number of aromatic amines is 1. The summed E-state index contributed by atoms with van der Waals surface area (Å²) in [7, 11) is 0. The lowest BCUT2D eigenvalue weighted by Crippen LogP contribution is -2.38. The van der Waals surface area contributed by atoms with Crippen molar-refractivity contribution >= 4 is 34.2 Å². The molecule has 3 aromatic heterocycles. The first-order valence-corrected chi connectivity index (χ1v) is 11.5. The Morgan fingerprint density at radius 2 is 2.11 bits per heavy atom. The summed E-state index contributed by atoms with van der Waals surface area (Å²) in [6.45, 7) is -0.255. The van der Waals surface area contributed by atoms with E-state index in [0.717, 1.165) is 41.5 Å². The quantitative estimate of drug-likeness (QED) is 0.441. The molecule has 174 valence electrons. The smallest absolute Gasteiger partial charge is 0.265 e. The Morgan fingerprint density at radius 3 is 2.89 bits per heavy atom. The van der Waals surface area contributed by atoms with Gasteiger partial charge >= 0.3 is 0 Å². The van der Waals surface area contributed by atoms with Crippen LogP contribution < -0.4 is 9.64 Å². The maximum atomic E-state index is 14.4. The lowest BCUT2D eigenvalue weighted by Gasteiger charge is -2.29. The number of pyridine rings is 2. The highest BCUT2D eigenvalue weighted by Crippen LogP contribution is 2.41. The number of aromatic nitrogens is 4. The minimum absolute atomic E-state index is 0.0617. The molecule has 2 aliphatic rings. The number of anilines is 1. The standard InChI is InChI=1S/C25H18ClFN6O2/c26-15-7-18(27)20(29-9-15)11-33-21-4-3-14(6-22(21)35-12-23(33)34)24-16(8-28)19(5-13-1-2-13)31-25-17(24)10-30-32-25/h3-4,6-7,9-10,13H,1-2,5,11-12H2,(H,30,31,32). The summed E-state index contributed by atoms with van der Waals surface area (Å²) in [6.07, 6.45) is 6.03. The molecule has 1 aliphatic carbocycles. The molecule has 0 radical (unpaired) electrons. The molecule has 10 heteroatoms. The Morgan fingerprint density at radius 1 is 1.26 bits per heavy atom. The van der Waals surface area contributed by atoms with Crippen LogP contribution in [0.15, 0.2) is 36.7 Å². The molecule has 35 heavy (non-hydrogen) atoms. The average molecular weight is 489 g/mol. The Labute approximate surface area is 204 Å². The van der Waals surface area contributed by atoms with E-state index in [-0.39, 0.29) is 29.8 Å². The van der Waals surface area contributed by atoms with Crippen LogP contribution >= 0.6 is 11.6 Å². The monoisotopic (exact) mass is 488 g/mol. The maximum Gasteiger partial charge on any atom is 0.265 e. The van der Waals surface area contributed by atoms with Crippen molar-refractivity contribution in [3.63, 3.8) is 0 Å². The van der Waals surface area contributed by atoms with Crippen LogP contribution in [0.3, 0.4) is 0 Å². The third-order valence-corrected chi connectivity index (χ3v) is 6.55. The van der Waals surface area contributed by atoms with Crippen LogP contribution in [-0.4, -0.2) is 32.7 Å². The van der Waals surface area contributed by atoms with Crippen LogP contribution in [0, 0.1) is 23.1 Å². The van der Waals surface area contributed by atoms with Gasteiger partial charge in [0.2, 0.25) is 0 Å². The lowest BCUT2D eigenvalue weighted by molar-refractivity contribution is -0.121. The average Bonchev–Trinajstić information content (AvgIpc) is 3.54. The number of hydrogen-bond donors (Lipinski definition) is 1.